The van der Waals surface area contributed by atoms with E-state index in [4.69, 9.17) is 0 Å². The average molecular weight is 446 g/mol. The fourth-order valence-electron chi connectivity index (χ4n) is 3.48. The molecule has 168 valence electrons. The summed E-state index contributed by atoms with van der Waals surface area (Å²) in [6.45, 7) is 9.20. The molecule has 2 aromatic carbocycles. The number of hydrogen-bond donors (Lipinski definition) is 2. The zero-order valence-electron chi connectivity index (χ0n) is 18.9. The summed E-state index contributed by atoms with van der Waals surface area (Å²) in [5.41, 5.74) is 2.88. The Bertz CT molecular complexity index is 1040. The number of hydrogen-bond acceptors (Lipinski definition) is 4. The van der Waals surface area contributed by atoms with Gasteiger partial charge in [-0.2, -0.15) is 0 Å². The first-order chi connectivity index (χ1) is 14.4. The summed E-state index contributed by atoms with van der Waals surface area (Å²) < 4.78 is 26.5. The topological polar surface area (TPSA) is 95.6 Å². The van der Waals surface area contributed by atoms with Crippen molar-refractivity contribution in [3.63, 3.8) is 0 Å². The van der Waals surface area contributed by atoms with Gasteiger partial charge in [0.1, 0.15) is 6.04 Å². The molecule has 8 heteroatoms. The van der Waals surface area contributed by atoms with Crippen LogP contribution < -0.4 is 14.9 Å². The van der Waals surface area contributed by atoms with E-state index < -0.39 is 22.0 Å². The van der Waals surface area contributed by atoms with Gasteiger partial charge in [0.25, 0.3) is 5.91 Å². The molecule has 2 amide bonds. The van der Waals surface area contributed by atoms with Gasteiger partial charge < -0.3 is 10.6 Å². The second-order valence-electron chi connectivity index (χ2n) is 7.99. The predicted molar refractivity (Wildman–Crippen MR) is 125 cm³/mol. The number of aryl methyl sites for hydroxylation is 2. The standard InChI is InChI=1S/C23H31N3O4S/c1-7-21(26(31(6,29)30)18-13-16(4)12-17(5)14-18)23(28)25-20-11-9-8-10-19(20)22(27)24-15(2)3/h8-15,21H,7H2,1-6H3,(H,24,27)(H,25,28). The van der Waals surface area contributed by atoms with Crippen molar-refractivity contribution in [1.29, 1.82) is 0 Å². The van der Waals surface area contributed by atoms with Crippen LogP contribution in [0.3, 0.4) is 0 Å². The lowest BCUT2D eigenvalue weighted by Crippen LogP contribution is -2.47. The zero-order chi connectivity index (χ0) is 23.3. The Labute approximate surface area is 184 Å². The number of carbonyl (C=O) groups is 2. The number of nitrogens with one attached hydrogen (secondary N) is 2. The van der Waals surface area contributed by atoms with Gasteiger partial charge in [0.05, 0.1) is 23.2 Å². The zero-order valence-corrected chi connectivity index (χ0v) is 19.7. The monoisotopic (exact) mass is 445 g/mol. The first-order valence-corrected chi connectivity index (χ1v) is 12.1. The van der Waals surface area contributed by atoms with Gasteiger partial charge >= 0.3 is 0 Å². The van der Waals surface area contributed by atoms with Crippen LogP contribution in [0, 0.1) is 13.8 Å². The van der Waals surface area contributed by atoms with Gasteiger partial charge in [-0.05, 0) is 69.5 Å². The Morgan fingerprint density at radius 3 is 2.13 bits per heavy atom. The van der Waals surface area contributed by atoms with Crippen LogP contribution in [0.1, 0.15) is 48.7 Å². The lowest BCUT2D eigenvalue weighted by atomic mass is 10.1. The van der Waals surface area contributed by atoms with Crippen LogP contribution in [0.5, 0.6) is 0 Å². The van der Waals surface area contributed by atoms with Gasteiger partial charge in [-0.3, -0.25) is 13.9 Å². The average Bonchev–Trinajstić information content (AvgIpc) is 2.63. The van der Waals surface area contributed by atoms with Crippen molar-refractivity contribution in [3.05, 3.63) is 59.2 Å². The Balaban J connectivity index is 2.43. The van der Waals surface area contributed by atoms with E-state index in [0.29, 0.717) is 16.9 Å². The lowest BCUT2D eigenvalue weighted by Gasteiger charge is -2.30. The summed E-state index contributed by atoms with van der Waals surface area (Å²) in [5, 5.41) is 5.57. The van der Waals surface area contributed by atoms with Gasteiger partial charge in [-0.15, -0.1) is 0 Å². The minimum absolute atomic E-state index is 0.0649. The van der Waals surface area contributed by atoms with E-state index in [9.17, 15) is 18.0 Å². The van der Waals surface area contributed by atoms with Crippen molar-refractivity contribution in [2.75, 3.05) is 15.9 Å². The van der Waals surface area contributed by atoms with Gasteiger partial charge in [0.15, 0.2) is 0 Å². The smallest absolute Gasteiger partial charge is 0.253 e. The number of para-hydroxylation sites is 1. The van der Waals surface area contributed by atoms with Crippen molar-refractivity contribution in [1.82, 2.24) is 5.32 Å². The van der Waals surface area contributed by atoms with Crippen molar-refractivity contribution < 1.29 is 18.0 Å². The molecule has 0 saturated carbocycles. The van der Waals surface area contributed by atoms with E-state index in [-0.39, 0.29) is 18.4 Å². The number of anilines is 2. The normalized spacial score (nSPS) is 12.4. The first kappa shape index (κ1) is 24.4. The van der Waals surface area contributed by atoms with Crippen molar-refractivity contribution >= 4 is 33.2 Å². The lowest BCUT2D eigenvalue weighted by molar-refractivity contribution is -0.117. The number of benzene rings is 2. The second kappa shape index (κ2) is 9.96. The highest BCUT2D eigenvalue weighted by molar-refractivity contribution is 7.92. The Morgan fingerprint density at radius 2 is 1.61 bits per heavy atom. The molecule has 0 bridgehead atoms. The van der Waals surface area contributed by atoms with Crippen LogP contribution in [0.2, 0.25) is 0 Å². The van der Waals surface area contributed by atoms with E-state index in [2.05, 4.69) is 10.6 Å². The van der Waals surface area contributed by atoms with Crippen molar-refractivity contribution in [2.24, 2.45) is 0 Å². The number of carbonyl (C=O) groups excluding carboxylic acids is 2. The molecule has 7 nitrogen and oxygen atoms in total. The summed E-state index contributed by atoms with van der Waals surface area (Å²) in [5.74, 6) is -0.815. The molecule has 2 aromatic rings. The van der Waals surface area contributed by atoms with Crippen LogP contribution in [-0.4, -0.2) is 38.6 Å². The molecule has 31 heavy (non-hydrogen) atoms. The quantitative estimate of drug-likeness (QED) is 0.649. The summed E-state index contributed by atoms with van der Waals surface area (Å²) in [6, 6.07) is 11.0. The third-order valence-electron chi connectivity index (χ3n) is 4.64. The number of rotatable bonds is 8. The van der Waals surface area contributed by atoms with Gasteiger partial charge in [-0.1, -0.05) is 25.1 Å². The summed E-state index contributed by atoms with van der Waals surface area (Å²) >= 11 is 0. The molecular formula is C23H31N3O4S. The molecule has 0 saturated heterocycles. The molecule has 0 spiro atoms. The fraction of sp³-hybridized carbons (Fsp3) is 0.391. The largest absolute Gasteiger partial charge is 0.350 e. The Kier molecular flexibility index (Phi) is 7.84. The molecular weight excluding hydrogens is 414 g/mol. The highest BCUT2D eigenvalue weighted by Gasteiger charge is 2.32. The third-order valence-corrected chi connectivity index (χ3v) is 5.82. The Morgan fingerprint density at radius 1 is 1.03 bits per heavy atom. The maximum Gasteiger partial charge on any atom is 0.253 e. The summed E-state index contributed by atoms with van der Waals surface area (Å²) in [4.78, 5) is 25.7. The van der Waals surface area contributed by atoms with Crippen LogP contribution in [0.15, 0.2) is 42.5 Å². The molecule has 0 aromatic heterocycles. The molecule has 1 atom stereocenters. The van der Waals surface area contributed by atoms with Crippen molar-refractivity contribution in [3.8, 4) is 0 Å². The van der Waals surface area contributed by atoms with E-state index in [1.807, 2.05) is 33.8 Å². The molecule has 0 fully saturated rings. The van der Waals surface area contributed by atoms with E-state index in [0.717, 1.165) is 21.7 Å². The molecule has 2 N–H and O–H groups in total. The number of amides is 2. The predicted octanol–water partition coefficient (Wildman–Crippen LogP) is 3.62. The van der Waals surface area contributed by atoms with E-state index in [1.54, 1.807) is 43.3 Å². The molecule has 2 rings (SSSR count). The SMILES string of the molecule is CCC(C(=O)Nc1ccccc1C(=O)NC(C)C)N(c1cc(C)cc(C)c1)S(C)(=O)=O. The third kappa shape index (κ3) is 6.30. The van der Waals surface area contributed by atoms with Crippen molar-refractivity contribution in [2.45, 2.75) is 53.1 Å². The fourth-order valence-corrected chi connectivity index (χ4v) is 4.68. The summed E-state index contributed by atoms with van der Waals surface area (Å²) in [6.07, 6.45) is 1.34. The minimum Gasteiger partial charge on any atom is -0.350 e. The molecule has 0 aliphatic rings. The minimum atomic E-state index is -3.75. The van der Waals surface area contributed by atoms with E-state index in [1.165, 1.54) is 0 Å². The molecule has 0 aliphatic carbocycles. The molecule has 0 radical (unpaired) electrons. The maximum atomic E-state index is 13.2. The highest BCUT2D eigenvalue weighted by atomic mass is 32.2. The highest BCUT2D eigenvalue weighted by Crippen LogP contribution is 2.26. The molecule has 1 unspecified atom stereocenters. The van der Waals surface area contributed by atoms with Crippen LogP contribution in [-0.2, 0) is 14.8 Å². The molecule has 0 aliphatic heterocycles. The van der Waals surface area contributed by atoms with Crippen LogP contribution in [0.25, 0.3) is 0 Å². The van der Waals surface area contributed by atoms with Crippen LogP contribution >= 0.6 is 0 Å². The van der Waals surface area contributed by atoms with Gasteiger partial charge in [0, 0.05) is 6.04 Å². The Hall–Kier alpha value is -2.87. The molecule has 0 heterocycles. The van der Waals surface area contributed by atoms with E-state index >= 15 is 0 Å². The first-order valence-electron chi connectivity index (χ1n) is 10.2. The maximum absolute atomic E-state index is 13.2. The van der Waals surface area contributed by atoms with Gasteiger partial charge in [0.2, 0.25) is 15.9 Å². The summed E-state index contributed by atoms with van der Waals surface area (Å²) in [7, 11) is -3.75. The number of nitrogens with zero attached hydrogens (tertiary/aromatic N) is 1. The number of sulfonamides is 1. The van der Waals surface area contributed by atoms with Crippen LogP contribution in [0.4, 0.5) is 11.4 Å². The van der Waals surface area contributed by atoms with Gasteiger partial charge in [-0.25, -0.2) is 8.42 Å². The second-order valence-corrected chi connectivity index (χ2v) is 9.85.